The lowest BCUT2D eigenvalue weighted by molar-refractivity contribution is 0.322. The molecule has 2 aliphatic rings. The van der Waals surface area contributed by atoms with Crippen molar-refractivity contribution in [1.82, 2.24) is 20.5 Å². The Hall–Kier alpha value is -1.10. The van der Waals surface area contributed by atoms with Gasteiger partial charge in [0.15, 0.2) is 0 Å². The average Bonchev–Trinajstić information content (AvgIpc) is 2.95. The molecular formula is C14H25N5. The van der Waals surface area contributed by atoms with Crippen molar-refractivity contribution in [3.05, 3.63) is 5.82 Å². The fourth-order valence-corrected chi connectivity index (χ4v) is 3.51. The molecule has 2 N–H and O–H groups in total. The first-order valence-electron chi connectivity index (χ1n) is 7.47. The number of hydrogen-bond acceptors (Lipinski definition) is 4. The number of hydrogen-bond donors (Lipinski definition) is 2. The Morgan fingerprint density at radius 1 is 1.37 bits per heavy atom. The van der Waals surface area contributed by atoms with Gasteiger partial charge < -0.3 is 10.2 Å². The third-order valence-corrected chi connectivity index (χ3v) is 4.73. The third kappa shape index (κ3) is 2.48. The maximum Gasteiger partial charge on any atom is 0.244 e. The maximum absolute atomic E-state index is 4.78. The van der Waals surface area contributed by atoms with E-state index in [4.69, 9.17) is 4.98 Å². The van der Waals surface area contributed by atoms with Crippen LogP contribution < -0.4 is 10.2 Å². The van der Waals surface area contributed by atoms with Gasteiger partial charge >= 0.3 is 0 Å². The maximum atomic E-state index is 4.78. The molecule has 1 saturated heterocycles. The Morgan fingerprint density at radius 3 is 2.89 bits per heavy atom. The van der Waals surface area contributed by atoms with E-state index in [9.17, 15) is 0 Å². The Balaban J connectivity index is 1.76. The molecule has 0 spiro atoms. The van der Waals surface area contributed by atoms with E-state index in [2.05, 4.69) is 41.2 Å². The summed E-state index contributed by atoms with van der Waals surface area (Å²) < 4.78 is 0. The second kappa shape index (κ2) is 4.78. The van der Waals surface area contributed by atoms with E-state index in [1.165, 1.54) is 19.3 Å². The summed E-state index contributed by atoms with van der Waals surface area (Å²) in [6.45, 7) is 9.90. The van der Waals surface area contributed by atoms with Gasteiger partial charge in [-0.25, -0.2) is 0 Å². The monoisotopic (exact) mass is 263 g/mol. The van der Waals surface area contributed by atoms with Gasteiger partial charge in [0.2, 0.25) is 5.95 Å². The molecule has 1 aliphatic carbocycles. The molecule has 5 heteroatoms. The van der Waals surface area contributed by atoms with E-state index in [0.717, 1.165) is 31.4 Å². The van der Waals surface area contributed by atoms with Gasteiger partial charge in [0.25, 0.3) is 0 Å². The smallest absolute Gasteiger partial charge is 0.244 e. The number of rotatable bonds is 2. The minimum absolute atomic E-state index is 0.355. The molecule has 2 heterocycles. The minimum atomic E-state index is 0.355. The summed E-state index contributed by atoms with van der Waals surface area (Å²) in [5, 5.41) is 11.1. The largest absolute Gasteiger partial charge is 0.337 e. The quantitative estimate of drug-likeness (QED) is 0.855. The van der Waals surface area contributed by atoms with E-state index in [-0.39, 0.29) is 0 Å². The molecule has 0 bridgehead atoms. The van der Waals surface area contributed by atoms with Crippen molar-refractivity contribution in [3.63, 3.8) is 0 Å². The van der Waals surface area contributed by atoms with Gasteiger partial charge in [0.05, 0.1) is 0 Å². The summed E-state index contributed by atoms with van der Waals surface area (Å²) in [5.41, 5.74) is 0.355. The number of piperazine rings is 1. The summed E-state index contributed by atoms with van der Waals surface area (Å²) in [4.78, 5) is 7.06. The second-order valence-electron chi connectivity index (χ2n) is 6.76. The molecule has 1 aromatic rings. The first-order chi connectivity index (χ1) is 9.06. The van der Waals surface area contributed by atoms with Crippen LogP contribution in [0.25, 0.3) is 0 Å². The molecule has 1 aromatic heterocycles. The number of H-pyrrole nitrogens is 1. The van der Waals surface area contributed by atoms with Gasteiger partial charge in [-0.3, -0.25) is 5.10 Å². The van der Waals surface area contributed by atoms with Gasteiger partial charge in [-0.05, 0) is 25.2 Å². The standard InChI is InChI=1S/C14H25N5/c1-10-9-19(8-7-15-10)13-16-12(17-18-13)11-5-4-6-14(11,2)3/h10-11,15H,4-9H2,1-3H3,(H,16,17,18)/t10-,11?/m1/s1. The van der Waals surface area contributed by atoms with E-state index in [1.807, 2.05) is 0 Å². The van der Waals surface area contributed by atoms with E-state index < -0.39 is 0 Å². The molecule has 0 amide bonds. The SMILES string of the molecule is C[C@@H]1CN(c2n[nH]c(C3CCCC3(C)C)n2)CCN1. The third-order valence-electron chi connectivity index (χ3n) is 4.73. The summed E-state index contributed by atoms with van der Waals surface area (Å²) in [6.07, 6.45) is 3.83. The minimum Gasteiger partial charge on any atom is -0.337 e. The van der Waals surface area contributed by atoms with Crippen molar-refractivity contribution in [1.29, 1.82) is 0 Å². The molecule has 2 atom stereocenters. The van der Waals surface area contributed by atoms with Crippen molar-refractivity contribution in [3.8, 4) is 0 Å². The van der Waals surface area contributed by atoms with Crippen LogP contribution in [0.15, 0.2) is 0 Å². The van der Waals surface area contributed by atoms with Crippen LogP contribution in [-0.4, -0.2) is 40.9 Å². The average molecular weight is 263 g/mol. The number of aromatic nitrogens is 3. The molecule has 1 aliphatic heterocycles. The Kier molecular flexibility index (Phi) is 3.25. The number of nitrogens with one attached hydrogen (secondary N) is 2. The summed E-state index contributed by atoms with van der Waals surface area (Å²) in [6, 6.07) is 0.513. The van der Waals surface area contributed by atoms with Crippen molar-refractivity contribution >= 4 is 5.95 Å². The zero-order valence-corrected chi connectivity index (χ0v) is 12.2. The molecule has 106 valence electrons. The Labute approximate surface area is 115 Å². The molecular weight excluding hydrogens is 238 g/mol. The molecule has 1 saturated carbocycles. The van der Waals surface area contributed by atoms with Gasteiger partial charge in [0, 0.05) is 31.6 Å². The van der Waals surface area contributed by atoms with E-state index >= 15 is 0 Å². The van der Waals surface area contributed by atoms with Crippen molar-refractivity contribution < 1.29 is 0 Å². The lowest BCUT2D eigenvalue weighted by atomic mass is 9.81. The molecule has 5 nitrogen and oxygen atoms in total. The Bertz CT molecular complexity index is 439. The normalized spacial score (nSPS) is 30.8. The molecule has 1 unspecified atom stereocenters. The predicted molar refractivity (Wildman–Crippen MR) is 76.4 cm³/mol. The lowest BCUT2D eigenvalue weighted by Crippen LogP contribution is -2.49. The Morgan fingerprint density at radius 2 is 2.21 bits per heavy atom. The fourth-order valence-electron chi connectivity index (χ4n) is 3.51. The van der Waals surface area contributed by atoms with Crippen molar-refractivity contribution in [2.45, 2.75) is 52.0 Å². The van der Waals surface area contributed by atoms with Crippen LogP contribution in [0.2, 0.25) is 0 Å². The van der Waals surface area contributed by atoms with Gasteiger partial charge in [-0.1, -0.05) is 20.3 Å². The van der Waals surface area contributed by atoms with Crippen molar-refractivity contribution in [2.24, 2.45) is 5.41 Å². The van der Waals surface area contributed by atoms with Crippen LogP contribution in [0.3, 0.4) is 0 Å². The molecule has 2 fully saturated rings. The zero-order valence-electron chi connectivity index (χ0n) is 12.2. The molecule has 0 aromatic carbocycles. The number of nitrogens with zero attached hydrogens (tertiary/aromatic N) is 3. The topological polar surface area (TPSA) is 56.8 Å². The highest BCUT2D eigenvalue weighted by Crippen LogP contribution is 2.47. The second-order valence-corrected chi connectivity index (χ2v) is 6.76. The highest BCUT2D eigenvalue weighted by molar-refractivity contribution is 5.31. The van der Waals surface area contributed by atoms with Crippen LogP contribution in [0, 0.1) is 5.41 Å². The lowest BCUT2D eigenvalue weighted by Gasteiger charge is -2.31. The first kappa shape index (κ1) is 12.9. The summed E-state index contributed by atoms with van der Waals surface area (Å²) in [7, 11) is 0. The van der Waals surface area contributed by atoms with E-state index in [1.54, 1.807) is 0 Å². The van der Waals surface area contributed by atoms with Crippen LogP contribution in [0.4, 0.5) is 5.95 Å². The van der Waals surface area contributed by atoms with Crippen LogP contribution in [0.5, 0.6) is 0 Å². The van der Waals surface area contributed by atoms with Crippen LogP contribution in [-0.2, 0) is 0 Å². The molecule has 0 radical (unpaired) electrons. The number of aromatic amines is 1. The first-order valence-corrected chi connectivity index (χ1v) is 7.47. The summed E-state index contributed by atoms with van der Waals surface area (Å²) >= 11 is 0. The fraction of sp³-hybridized carbons (Fsp3) is 0.857. The highest BCUT2D eigenvalue weighted by Gasteiger charge is 2.37. The van der Waals surface area contributed by atoms with Crippen LogP contribution >= 0.6 is 0 Å². The van der Waals surface area contributed by atoms with Crippen molar-refractivity contribution in [2.75, 3.05) is 24.5 Å². The summed E-state index contributed by atoms with van der Waals surface area (Å²) in [5.74, 6) is 2.50. The number of anilines is 1. The molecule has 3 rings (SSSR count). The molecule has 19 heavy (non-hydrogen) atoms. The van der Waals surface area contributed by atoms with E-state index in [0.29, 0.717) is 17.4 Å². The van der Waals surface area contributed by atoms with Crippen LogP contribution in [0.1, 0.15) is 51.8 Å². The van der Waals surface area contributed by atoms with Gasteiger partial charge in [-0.2, -0.15) is 4.98 Å². The highest BCUT2D eigenvalue weighted by atomic mass is 15.4. The van der Waals surface area contributed by atoms with Gasteiger partial charge in [-0.15, -0.1) is 5.10 Å². The predicted octanol–water partition coefficient (Wildman–Crippen LogP) is 1.90. The van der Waals surface area contributed by atoms with Gasteiger partial charge in [0.1, 0.15) is 5.82 Å². The zero-order chi connectivity index (χ0) is 13.5.